The smallest absolute Gasteiger partial charge is 0.243 e. The second-order valence-corrected chi connectivity index (χ2v) is 2.63. The number of amides is 1. The SMILES string of the molecule is CC/C=C/C(=O)NC(C)CC. The molecule has 1 amide bonds. The summed E-state index contributed by atoms with van der Waals surface area (Å²) in [6.07, 6.45) is 5.34. The second-order valence-electron chi connectivity index (χ2n) is 2.63. The maximum Gasteiger partial charge on any atom is 0.243 e. The van der Waals surface area contributed by atoms with Crippen LogP contribution in [-0.2, 0) is 4.79 Å². The van der Waals surface area contributed by atoms with Gasteiger partial charge in [0.2, 0.25) is 5.91 Å². The Morgan fingerprint density at radius 3 is 2.64 bits per heavy atom. The molecule has 1 unspecified atom stereocenters. The first-order chi connectivity index (χ1) is 5.20. The molecule has 0 saturated heterocycles. The number of hydrogen-bond donors (Lipinski definition) is 1. The largest absolute Gasteiger partial charge is 0.350 e. The maximum absolute atomic E-state index is 11.0. The Kier molecular flexibility index (Phi) is 5.53. The molecule has 11 heavy (non-hydrogen) atoms. The van der Waals surface area contributed by atoms with Crippen LogP contribution < -0.4 is 5.32 Å². The Balaban J connectivity index is 3.60. The van der Waals surface area contributed by atoms with Crippen LogP contribution in [0, 0.1) is 0 Å². The Hall–Kier alpha value is -0.790. The molecule has 0 aromatic heterocycles. The summed E-state index contributed by atoms with van der Waals surface area (Å²) in [6, 6.07) is 0.281. The first-order valence-corrected chi connectivity index (χ1v) is 4.17. The Morgan fingerprint density at radius 1 is 1.55 bits per heavy atom. The molecule has 0 aliphatic heterocycles. The summed E-state index contributed by atoms with van der Waals surface area (Å²) in [5.74, 6) is 0.0150. The van der Waals surface area contributed by atoms with Gasteiger partial charge in [-0.2, -0.15) is 0 Å². The van der Waals surface area contributed by atoms with Crippen molar-refractivity contribution in [3.63, 3.8) is 0 Å². The molecule has 0 rings (SSSR count). The summed E-state index contributed by atoms with van der Waals surface area (Å²) in [5.41, 5.74) is 0. The van der Waals surface area contributed by atoms with Crippen LogP contribution in [0.2, 0.25) is 0 Å². The first-order valence-electron chi connectivity index (χ1n) is 4.17. The summed E-state index contributed by atoms with van der Waals surface area (Å²) in [7, 11) is 0. The lowest BCUT2D eigenvalue weighted by Crippen LogP contribution is -2.30. The van der Waals surface area contributed by atoms with Crippen molar-refractivity contribution in [3.05, 3.63) is 12.2 Å². The van der Waals surface area contributed by atoms with Crippen LogP contribution in [0.5, 0.6) is 0 Å². The number of hydrogen-bond acceptors (Lipinski definition) is 1. The molecule has 0 aromatic rings. The number of rotatable bonds is 4. The molecule has 1 N–H and O–H groups in total. The molecular weight excluding hydrogens is 138 g/mol. The summed E-state index contributed by atoms with van der Waals surface area (Å²) in [6.45, 7) is 6.05. The van der Waals surface area contributed by atoms with Crippen molar-refractivity contribution < 1.29 is 4.79 Å². The Morgan fingerprint density at radius 2 is 2.18 bits per heavy atom. The minimum Gasteiger partial charge on any atom is -0.350 e. The zero-order chi connectivity index (χ0) is 8.69. The lowest BCUT2D eigenvalue weighted by atomic mass is 10.2. The zero-order valence-electron chi connectivity index (χ0n) is 7.55. The predicted octanol–water partition coefficient (Wildman–Crippen LogP) is 1.87. The molecule has 0 fully saturated rings. The Labute approximate surface area is 68.7 Å². The van der Waals surface area contributed by atoms with Crippen LogP contribution in [0.15, 0.2) is 12.2 Å². The third-order valence-electron chi connectivity index (χ3n) is 1.51. The van der Waals surface area contributed by atoms with E-state index >= 15 is 0 Å². The van der Waals surface area contributed by atoms with Crippen LogP contribution in [0.1, 0.15) is 33.6 Å². The van der Waals surface area contributed by atoms with Gasteiger partial charge in [-0.1, -0.05) is 19.9 Å². The highest BCUT2D eigenvalue weighted by atomic mass is 16.1. The van der Waals surface area contributed by atoms with Crippen LogP contribution in [-0.4, -0.2) is 11.9 Å². The topological polar surface area (TPSA) is 29.1 Å². The van der Waals surface area contributed by atoms with E-state index in [9.17, 15) is 4.79 Å². The van der Waals surface area contributed by atoms with E-state index in [0.717, 1.165) is 12.8 Å². The standard InChI is InChI=1S/C9H17NO/c1-4-6-7-9(11)10-8(3)5-2/h6-8H,4-5H2,1-3H3,(H,10,11)/b7-6+. The quantitative estimate of drug-likeness (QED) is 0.617. The van der Waals surface area contributed by atoms with Gasteiger partial charge in [-0.15, -0.1) is 0 Å². The maximum atomic E-state index is 11.0. The lowest BCUT2D eigenvalue weighted by molar-refractivity contribution is -0.117. The highest BCUT2D eigenvalue weighted by Crippen LogP contribution is 1.88. The number of carbonyl (C=O) groups excluding carboxylic acids is 1. The predicted molar refractivity (Wildman–Crippen MR) is 47.3 cm³/mol. The van der Waals surface area contributed by atoms with Gasteiger partial charge in [0.15, 0.2) is 0 Å². The molecule has 2 heteroatoms. The summed E-state index contributed by atoms with van der Waals surface area (Å²) in [5, 5.41) is 2.84. The molecule has 0 aliphatic carbocycles. The Bertz CT molecular complexity index is 140. The van der Waals surface area contributed by atoms with E-state index in [4.69, 9.17) is 0 Å². The van der Waals surface area contributed by atoms with Crippen LogP contribution >= 0.6 is 0 Å². The number of allylic oxidation sites excluding steroid dienone is 1. The minimum atomic E-state index is 0.0150. The second kappa shape index (κ2) is 5.96. The van der Waals surface area contributed by atoms with Gasteiger partial charge in [-0.05, 0) is 25.8 Å². The highest BCUT2D eigenvalue weighted by molar-refractivity contribution is 5.87. The van der Waals surface area contributed by atoms with Gasteiger partial charge in [0, 0.05) is 6.04 Å². The molecule has 0 aliphatic rings. The number of carbonyl (C=O) groups is 1. The molecule has 1 atom stereocenters. The normalized spacial score (nSPS) is 13.4. The molecule has 0 bridgehead atoms. The van der Waals surface area contributed by atoms with Gasteiger partial charge in [0.1, 0.15) is 0 Å². The fraction of sp³-hybridized carbons (Fsp3) is 0.667. The van der Waals surface area contributed by atoms with Gasteiger partial charge in [0.25, 0.3) is 0 Å². The van der Waals surface area contributed by atoms with E-state index in [1.807, 2.05) is 19.9 Å². The molecule has 64 valence electrons. The van der Waals surface area contributed by atoms with Crippen LogP contribution in [0.25, 0.3) is 0 Å². The molecule has 0 radical (unpaired) electrons. The highest BCUT2D eigenvalue weighted by Gasteiger charge is 1.99. The first kappa shape index (κ1) is 10.2. The third kappa shape index (κ3) is 5.64. The van der Waals surface area contributed by atoms with Crippen molar-refractivity contribution in [2.75, 3.05) is 0 Å². The summed E-state index contributed by atoms with van der Waals surface area (Å²) in [4.78, 5) is 11.0. The van der Waals surface area contributed by atoms with Gasteiger partial charge < -0.3 is 5.32 Å². The van der Waals surface area contributed by atoms with Gasteiger partial charge in [-0.25, -0.2) is 0 Å². The van der Waals surface area contributed by atoms with E-state index in [1.165, 1.54) is 0 Å². The van der Waals surface area contributed by atoms with Crippen LogP contribution in [0.4, 0.5) is 0 Å². The summed E-state index contributed by atoms with van der Waals surface area (Å²) >= 11 is 0. The third-order valence-corrected chi connectivity index (χ3v) is 1.51. The van der Waals surface area contributed by atoms with Gasteiger partial charge >= 0.3 is 0 Å². The molecule has 0 saturated carbocycles. The average molecular weight is 155 g/mol. The van der Waals surface area contributed by atoms with Crippen molar-refractivity contribution in [1.29, 1.82) is 0 Å². The summed E-state index contributed by atoms with van der Waals surface area (Å²) < 4.78 is 0. The molecule has 0 spiro atoms. The van der Waals surface area contributed by atoms with Crippen molar-refractivity contribution >= 4 is 5.91 Å². The fourth-order valence-electron chi connectivity index (χ4n) is 0.618. The van der Waals surface area contributed by atoms with E-state index in [1.54, 1.807) is 6.08 Å². The van der Waals surface area contributed by atoms with E-state index < -0.39 is 0 Å². The van der Waals surface area contributed by atoms with E-state index in [0.29, 0.717) is 0 Å². The number of nitrogens with one attached hydrogen (secondary N) is 1. The van der Waals surface area contributed by atoms with Crippen molar-refractivity contribution in [3.8, 4) is 0 Å². The lowest BCUT2D eigenvalue weighted by Gasteiger charge is -2.08. The van der Waals surface area contributed by atoms with Crippen molar-refractivity contribution in [1.82, 2.24) is 5.32 Å². The van der Waals surface area contributed by atoms with Crippen molar-refractivity contribution in [2.24, 2.45) is 0 Å². The molecular formula is C9H17NO. The van der Waals surface area contributed by atoms with Gasteiger partial charge in [-0.3, -0.25) is 4.79 Å². The molecule has 0 heterocycles. The zero-order valence-corrected chi connectivity index (χ0v) is 7.55. The monoisotopic (exact) mass is 155 g/mol. The van der Waals surface area contributed by atoms with E-state index in [2.05, 4.69) is 12.2 Å². The average Bonchev–Trinajstić information content (AvgIpc) is 2.00. The fourth-order valence-corrected chi connectivity index (χ4v) is 0.618. The van der Waals surface area contributed by atoms with Crippen LogP contribution in [0.3, 0.4) is 0 Å². The van der Waals surface area contributed by atoms with E-state index in [-0.39, 0.29) is 11.9 Å². The molecule has 0 aromatic carbocycles. The molecule has 2 nitrogen and oxygen atoms in total. The minimum absolute atomic E-state index is 0.0150. The van der Waals surface area contributed by atoms with Crippen molar-refractivity contribution in [2.45, 2.75) is 39.7 Å². The van der Waals surface area contributed by atoms with Gasteiger partial charge in [0.05, 0.1) is 0 Å².